The molecule has 0 radical (unpaired) electrons. The molecule has 7 rings (SSSR count). The number of carbonyl (C=O) groups excluding carboxylic acids is 1. The fourth-order valence-electron chi connectivity index (χ4n) is 8.85. The summed E-state index contributed by atoms with van der Waals surface area (Å²) in [6.07, 6.45) is 2.34. The molecule has 1 N–H and O–H groups in total. The number of halogens is 1. The van der Waals surface area contributed by atoms with Gasteiger partial charge >= 0.3 is 11.6 Å². The molecule has 2 fully saturated rings. The first kappa shape index (κ1) is 33.7. The molecule has 3 heterocycles. The number of aromatic nitrogens is 1. The second kappa shape index (κ2) is 13.1. The van der Waals surface area contributed by atoms with Crippen molar-refractivity contribution in [1.29, 1.82) is 0 Å². The number of pyridine rings is 1. The zero-order chi connectivity index (χ0) is 34.5. The highest BCUT2D eigenvalue weighted by atomic mass is 79.9. The van der Waals surface area contributed by atoms with E-state index in [4.69, 9.17) is 23.4 Å². The molecule has 9 atom stereocenters. The summed E-state index contributed by atoms with van der Waals surface area (Å²) in [7, 11) is 1.64. The Morgan fingerprint density at radius 3 is 2.59 bits per heavy atom. The molecular weight excluding hydrogens is 690 g/mol. The molecule has 0 spiro atoms. The van der Waals surface area contributed by atoms with Gasteiger partial charge in [0.1, 0.15) is 28.8 Å². The molecular formula is C39H40BrNO8. The zero-order valence-corrected chi connectivity index (χ0v) is 29.5. The molecule has 0 saturated heterocycles. The number of hydrogen-bond acceptors (Lipinski definition) is 9. The summed E-state index contributed by atoms with van der Waals surface area (Å²) in [5, 5.41) is 12.3. The second-order valence-corrected chi connectivity index (χ2v) is 14.8. The van der Waals surface area contributed by atoms with Crippen LogP contribution in [0.25, 0.3) is 11.3 Å². The first-order chi connectivity index (χ1) is 23.5. The van der Waals surface area contributed by atoms with Crippen molar-refractivity contribution in [3.05, 3.63) is 117 Å². The lowest BCUT2D eigenvalue weighted by atomic mass is 9.46. The van der Waals surface area contributed by atoms with Gasteiger partial charge in [-0.1, -0.05) is 66.2 Å². The van der Waals surface area contributed by atoms with E-state index in [1.165, 1.54) is 0 Å². The zero-order valence-electron chi connectivity index (χ0n) is 27.9. The minimum Gasteiger partial charge on any atom is -0.482 e. The van der Waals surface area contributed by atoms with Crippen LogP contribution in [0.15, 0.2) is 98.9 Å². The fraction of sp³-hybridized carbons (Fsp3) is 0.410. The van der Waals surface area contributed by atoms with Crippen LogP contribution in [0, 0.1) is 23.2 Å². The third-order valence-corrected chi connectivity index (χ3v) is 11.7. The van der Waals surface area contributed by atoms with Gasteiger partial charge in [-0.05, 0) is 73.8 Å². The Morgan fingerprint density at radius 1 is 1.08 bits per heavy atom. The Balaban J connectivity index is 1.29. The van der Waals surface area contributed by atoms with E-state index in [-0.39, 0.29) is 35.0 Å². The number of ether oxygens (including phenoxy) is 4. The molecule has 0 amide bonds. The van der Waals surface area contributed by atoms with Crippen molar-refractivity contribution < 1.29 is 33.3 Å². The highest BCUT2D eigenvalue weighted by molar-refractivity contribution is 9.10. The van der Waals surface area contributed by atoms with E-state index in [9.17, 15) is 14.7 Å². The quantitative estimate of drug-likeness (QED) is 0.151. The van der Waals surface area contributed by atoms with E-state index < -0.39 is 47.0 Å². The molecule has 2 aromatic carbocycles. The maximum absolute atomic E-state index is 13.8. The van der Waals surface area contributed by atoms with Crippen LogP contribution in [0.2, 0.25) is 0 Å². The number of fused-ring (bicyclic) bond motifs is 4. The average molecular weight is 731 g/mol. The van der Waals surface area contributed by atoms with E-state index in [1.807, 2.05) is 43.3 Å². The van der Waals surface area contributed by atoms with Gasteiger partial charge in [0.25, 0.3) is 0 Å². The number of esters is 1. The number of methoxy groups -OCH3 is 1. The Bertz CT molecular complexity index is 1890. The lowest BCUT2D eigenvalue weighted by Gasteiger charge is -2.64. The minimum atomic E-state index is -1.24. The van der Waals surface area contributed by atoms with E-state index >= 15 is 0 Å². The molecule has 9 unspecified atom stereocenters. The SMILES string of the molecule is COC(OC1CCC2(C)C(CC(OC(=O)c3cccc(Br)c3)C3(C)Oc4cc(-c5cccnc5)oc(=O)c4C(O)C23)C1C)c1ccccc1. The maximum atomic E-state index is 13.8. The van der Waals surface area contributed by atoms with Crippen LogP contribution in [0.3, 0.4) is 0 Å². The van der Waals surface area contributed by atoms with Crippen molar-refractivity contribution in [3.63, 3.8) is 0 Å². The first-order valence-electron chi connectivity index (χ1n) is 16.7. The Labute approximate surface area is 293 Å². The summed E-state index contributed by atoms with van der Waals surface area (Å²) in [6.45, 7) is 6.21. The third kappa shape index (κ3) is 5.92. The van der Waals surface area contributed by atoms with Crippen molar-refractivity contribution in [2.75, 3.05) is 7.11 Å². The summed E-state index contributed by atoms with van der Waals surface area (Å²) in [5.74, 6) is -0.723. The molecule has 1 aliphatic heterocycles. The Kier molecular flexibility index (Phi) is 9.02. The number of nitrogens with zero attached hydrogens (tertiary/aromatic N) is 1. The highest BCUT2D eigenvalue weighted by Crippen LogP contribution is 2.65. The standard InChI is InChI=1S/C39H40BrNO8/c1-22-27-19-31(48-35(43)24-12-8-14-26(40)18-24)39(3)34(38(27,2)16-15-28(22)47-37(45-4)23-10-6-5-7-11-23)33(42)32-30(49-39)20-29(46-36(32)44)25-13-9-17-41-21-25/h5-14,17-18,20-22,27-28,31,33-34,37,42H,15-16,19H2,1-4H3. The van der Waals surface area contributed by atoms with Gasteiger partial charge in [0, 0.05) is 47.1 Å². The number of aliphatic hydroxyl groups is 1. The lowest BCUT2D eigenvalue weighted by molar-refractivity contribution is -0.258. The topological polar surface area (TPSA) is 117 Å². The molecule has 2 saturated carbocycles. The highest BCUT2D eigenvalue weighted by Gasteiger charge is 2.68. The van der Waals surface area contributed by atoms with Gasteiger partial charge in [-0.25, -0.2) is 9.59 Å². The average Bonchev–Trinajstić information content (AvgIpc) is 3.09. The van der Waals surface area contributed by atoms with Crippen molar-refractivity contribution in [2.45, 2.75) is 70.2 Å². The third-order valence-electron chi connectivity index (χ3n) is 11.2. The fourth-order valence-corrected chi connectivity index (χ4v) is 9.25. The molecule has 9 nitrogen and oxygen atoms in total. The van der Waals surface area contributed by atoms with Gasteiger partial charge in [-0.3, -0.25) is 4.98 Å². The second-order valence-electron chi connectivity index (χ2n) is 13.9. The molecule has 10 heteroatoms. The first-order valence-corrected chi connectivity index (χ1v) is 17.5. The van der Waals surface area contributed by atoms with Crippen LogP contribution >= 0.6 is 15.9 Å². The predicted octanol–water partition coefficient (Wildman–Crippen LogP) is 7.68. The van der Waals surface area contributed by atoms with Gasteiger partial charge in [-0.2, -0.15) is 0 Å². The van der Waals surface area contributed by atoms with Crippen LogP contribution in [0.1, 0.15) is 73.9 Å². The van der Waals surface area contributed by atoms with Crippen LogP contribution in [0.5, 0.6) is 5.75 Å². The predicted molar refractivity (Wildman–Crippen MR) is 185 cm³/mol. The summed E-state index contributed by atoms with van der Waals surface area (Å²) in [6, 6.07) is 22.0. The summed E-state index contributed by atoms with van der Waals surface area (Å²) in [4.78, 5) is 31.6. The molecule has 2 aliphatic carbocycles. The van der Waals surface area contributed by atoms with Crippen molar-refractivity contribution in [1.82, 2.24) is 4.98 Å². The Hall–Kier alpha value is -3.83. The normalized spacial score (nSPS) is 31.0. The lowest BCUT2D eigenvalue weighted by Crippen LogP contribution is -2.69. The van der Waals surface area contributed by atoms with Crippen LogP contribution in [-0.2, 0) is 14.2 Å². The van der Waals surface area contributed by atoms with E-state index in [2.05, 4.69) is 34.8 Å². The van der Waals surface area contributed by atoms with Crippen LogP contribution in [0.4, 0.5) is 0 Å². The Morgan fingerprint density at radius 2 is 1.88 bits per heavy atom. The van der Waals surface area contributed by atoms with Crippen LogP contribution < -0.4 is 10.4 Å². The van der Waals surface area contributed by atoms with E-state index in [0.717, 1.165) is 10.0 Å². The monoisotopic (exact) mass is 729 g/mol. The van der Waals surface area contributed by atoms with Crippen molar-refractivity contribution in [3.8, 4) is 17.1 Å². The summed E-state index contributed by atoms with van der Waals surface area (Å²) >= 11 is 3.46. The van der Waals surface area contributed by atoms with E-state index in [0.29, 0.717) is 30.4 Å². The van der Waals surface area contributed by atoms with Gasteiger partial charge in [0.15, 0.2) is 6.29 Å². The molecule has 3 aliphatic rings. The molecule has 4 aromatic rings. The molecule has 2 aromatic heterocycles. The summed E-state index contributed by atoms with van der Waals surface area (Å²) in [5.41, 5.74) is -0.397. The molecule has 0 bridgehead atoms. The largest absolute Gasteiger partial charge is 0.482 e. The van der Waals surface area contributed by atoms with Crippen LogP contribution in [-0.4, -0.2) is 41.0 Å². The number of hydrogen-bond donors (Lipinski definition) is 1. The van der Waals surface area contributed by atoms with Gasteiger partial charge < -0.3 is 28.5 Å². The minimum absolute atomic E-state index is 0.0188. The molecule has 256 valence electrons. The number of rotatable bonds is 7. The number of benzene rings is 2. The van der Waals surface area contributed by atoms with Gasteiger partial charge in [0.05, 0.1) is 17.8 Å². The maximum Gasteiger partial charge on any atom is 0.345 e. The van der Waals surface area contributed by atoms with E-state index in [1.54, 1.807) is 55.9 Å². The smallest absolute Gasteiger partial charge is 0.345 e. The van der Waals surface area contributed by atoms with Gasteiger partial charge in [0.2, 0.25) is 0 Å². The summed E-state index contributed by atoms with van der Waals surface area (Å²) < 4.78 is 32.2. The van der Waals surface area contributed by atoms with Gasteiger partial charge in [-0.15, -0.1) is 0 Å². The molecule has 49 heavy (non-hydrogen) atoms. The number of aliphatic hydroxyl groups excluding tert-OH is 1. The van der Waals surface area contributed by atoms with Crippen molar-refractivity contribution in [2.24, 2.45) is 23.2 Å². The number of carbonyl (C=O) groups is 1. The van der Waals surface area contributed by atoms with Crippen molar-refractivity contribution >= 4 is 21.9 Å².